The second kappa shape index (κ2) is 5.10. The molecule has 0 saturated heterocycles. The number of anilines is 3. The van der Waals surface area contributed by atoms with E-state index in [1.54, 1.807) is 19.3 Å². The number of nitriles is 1. The van der Waals surface area contributed by atoms with Gasteiger partial charge in [0.05, 0.1) is 11.3 Å². The molecule has 5 nitrogen and oxygen atoms in total. The maximum Gasteiger partial charge on any atom is 0.224 e. The largest absolute Gasteiger partial charge is 0.357 e. The summed E-state index contributed by atoms with van der Waals surface area (Å²) in [7, 11) is 1.71. The summed E-state index contributed by atoms with van der Waals surface area (Å²) in [6.45, 7) is 0. The molecule has 0 atom stereocenters. The average Bonchev–Trinajstić information content (AvgIpc) is 2.41. The van der Waals surface area contributed by atoms with E-state index in [0.29, 0.717) is 17.5 Å². The fraction of sp³-hybridized carbons (Fsp3) is 0.0833. The van der Waals surface area contributed by atoms with Crippen LogP contribution in [0.5, 0.6) is 0 Å². The Morgan fingerprint density at radius 1 is 1.33 bits per heavy atom. The van der Waals surface area contributed by atoms with Gasteiger partial charge in [-0.1, -0.05) is 0 Å². The Morgan fingerprint density at radius 3 is 2.89 bits per heavy atom. The van der Waals surface area contributed by atoms with Crippen molar-refractivity contribution in [2.45, 2.75) is 0 Å². The standard InChI is InChI=1S/C12H10FN5/c1-15-12-16-5-4-11(18-12)17-10-3-2-9(13)6-8(10)7-14/h2-6H,1H3,(H2,15,16,17,18). The average molecular weight is 243 g/mol. The highest BCUT2D eigenvalue weighted by Gasteiger charge is 2.05. The Labute approximate surface area is 103 Å². The number of aromatic nitrogens is 2. The zero-order valence-electron chi connectivity index (χ0n) is 9.61. The predicted octanol–water partition coefficient (Wildman–Crippen LogP) is 2.27. The zero-order valence-corrected chi connectivity index (χ0v) is 9.61. The van der Waals surface area contributed by atoms with E-state index in [1.807, 2.05) is 6.07 Å². The van der Waals surface area contributed by atoms with Gasteiger partial charge in [0.25, 0.3) is 0 Å². The SMILES string of the molecule is CNc1nccc(Nc2ccc(F)cc2C#N)n1. The quantitative estimate of drug-likeness (QED) is 0.865. The fourth-order valence-corrected chi connectivity index (χ4v) is 1.40. The summed E-state index contributed by atoms with van der Waals surface area (Å²) in [6, 6.07) is 7.53. The summed E-state index contributed by atoms with van der Waals surface area (Å²) in [6.07, 6.45) is 1.58. The van der Waals surface area contributed by atoms with Gasteiger partial charge in [-0.25, -0.2) is 9.37 Å². The van der Waals surface area contributed by atoms with Crippen molar-refractivity contribution < 1.29 is 4.39 Å². The third-order valence-electron chi connectivity index (χ3n) is 2.24. The summed E-state index contributed by atoms with van der Waals surface area (Å²) in [5, 5.41) is 14.7. The molecular weight excluding hydrogens is 233 g/mol. The Hall–Kier alpha value is -2.68. The van der Waals surface area contributed by atoms with Crippen LogP contribution < -0.4 is 10.6 Å². The van der Waals surface area contributed by atoms with E-state index in [2.05, 4.69) is 20.6 Å². The van der Waals surface area contributed by atoms with Gasteiger partial charge in [-0.2, -0.15) is 10.2 Å². The van der Waals surface area contributed by atoms with Crippen LogP contribution >= 0.6 is 0 Å². The van der Waals surface area contributed by atoms with E-state index in [4.69, 9.17) is 5.26 Å². The molecule has 1 heterocycles. The van der Waals surface area contributed by atoms with Crippen LogP contribution in [-0.4, -0.2) is 17.0 Å². The first-order valence-corrected chi connectivity index (χ1v) is 5.20. The van der Waals surface area contributed by atoms with Gasteiger partial charge in [-0.05, 0) is 24.3 Å². The molecule has 0 aliphatic heterocycles. The van der Waals surface area contributed by atoms with Crippen LogP contribution in [0.25, 0.3) is 0 Å². The van der Waals surface area contributed by atoms with Gasteiger partial charge in [0.1, 0.15) is 17.7 Å². The first-order valence-electron chi connectivity index (χ1n) is 5.20. The number of halogens is 1. The van der Waals surface area contributed by atoms with Crippen LogP contribution in [0.4, 0.5) is 21.8 Å². The van der Waals surface area contributed by atoms with Crippen molar-refractivity contribution in [3.8, 4) is 6.07 Å². The fourth-order valence-electron chi connectivity index (χ4n) is 1.40. The number of benzene rings is 1. The minimum Gasteiger partial charge on any atom is -0.357 e. The van der Waals surface area contributed by atoms with Crippen LogP contribution in [0.2, 0.25) is 0 Å². The first-order chi connectivity index (χ1) is 8.72. The molecule has 0 fully saturated rings. The Balaban J connectivity index is 2.31. The molecule has 0 spiro atoms. The molecule has 0 aliphatic carbocycles. The molecule has 0 aliphatic rings. The van der Waals surface area contributed by atoms with E-state index in [9.17, 15) is 4.39 Å². The van der Waals surface area contributed by atoms with Crippen LogP contribution in [-0.2, 0) is 0 Å². The molecule has 90 valence electrons. The van der Waals surface area contributed by atoms with Gasteiger partial charge in [-0.3, -0.25) is 0 Å². The summed E-state index contributed by atoms with van der Waals surface area (Å²) >= 11 is 0. The van der Waals surface area contributed by atoms with Gasteiger partial charge >= 0.3 is 0 Å². The number of nitrogens with zero attached hydrogens (tertiary/aromatic N) is 3. The topological polar surface area (TPSA) is 73.6 Å². The molecule has 2 rings (SSSR count). The van der Waals surface area contributed by atoms with E-state index in [0.717, 1.165) is 0 Å². The zero-order chi connectivity index (χ0) is 13.0. The van der Waals surface area contributed by atoms with Gasteiger partial charge in [0, 0.05) is 13.2 Å². The van der Waals surface area contributed by atoms with Crippen molar-refractivity contribution in [2.75, 3.05) is 17.7 Å². The number of hydrogen-bond acceptors (Lipinski definition) is 5. The van der Waals surface area contributed by atoms with Gasteiger partial charge in [0.2, 0.25) is 5.95 Å². The van der Waals surface area contributed by atoms with Crippen molar-refractivity contribution in [2.24, 2.45) is 0 Å². The second-order valence-corrected chi connectivity index (χ2v) is 3.44. The lowest BCUT2D eigenvalue weighted by Crippen LogP contribution is -2.01. The van der Waals surface area contributed by atoms with Crippen molar-refractivity contribution in [1.82, 2.24) is 9.97 Å². The maximum atomic E-state index is 13.0. The number of hydrogen-bond donors (Lipinski definition) is 2. The molecule has 1 aromatic heterocycles. The van der Waals surface area contributed by atoms with Crippen molar-refractivity contribution in [1.29, 1.82) is 5.26 Å². The van der Waals surface area contributed by atoms with E-state index < -0.39 is 5.82 Å². The minimum absolute atomic E-state index is 0.222. The third-order valence-corrected chi connectivity index (χ3v) is 2.24. The van der Waals surface area contributed by atoms with Crippen LogP contribution in [0.1, 0.15) is 5.56 Å². The highest BCUT2D eigenvalue weighted by Crippen LogP contribution is 2.20. The second-order valence-electron chi connectivity index (χ2n) is 3.44. The lowest BCUT2D eigenvalue weighted by molar-refractivity contribution is 0.627. The lowest BCUT2D eigenvalue weighted by Gasteiger charge is -2.08. The molecule has 6 heteroatoms. The van der Waals surface area contributed by atoms with Crippen molar-refractivity contribution in [3.05, 3.63) is 41.8 Å². The van der Waals surface area contributed by atoms with E-state index >= 15 is 0 Å². The maximum absolute atomic E-state index is 13.0. The summed E-state index contributed by atoms with van der Waals surface area (Å²) < 4.78 is 13.0. The smallest absolute Gasteiger partial charge is 0.224 e. The van der Waals surface area contributed by atoms with Gasteiger partial charge < -0.3 is 10.6 Å². The molecule has 0 unspecified atom stereocenters. The summed E-state index contributed by atoms with van der Waals surface area (Å²) in [4.78, 5) is 8.12. The molecular formula is C12H10FN5. The Bertz CT molecular complexity index is 606. The summed E-state index contributed by atoms with van der Waals surface area (Å²) in [5.41, 5.74) is 0.722. The van der Waals surface area contributed by atoms with Crippen molar-refractivity contribution >= 4 is 17.5 Å². The highest BCUT2D eigenvalue weighted by atomic mass is 19.1. The normalized spacial score (nSPS) is 9.61. The first kappa shape index (κ1) is 11.8. The molecule has 1 aromatic carbocycles. The Morgan fingerprint density at radius 2 is 2.17 bits per heavy atom. The number of rotatable bonds is 3. The molecule has 0 radical (unpaired) electrons. The highest BCUT2D eigenvalue weighted by molar-refractivity contribution is 5.64. The van der Waals surface area contributed by atoms with Crippen LogP contribution in [0.15, 0.2) is 30.5 Å². The molecule has 0 amide bonds. The Kier molecular flexibility index (Phi) is 3.34. The molecule has 2 aromatic rings. The predicted molar refractivity (Wildman–Crippen MR) is 66.0 cm³/mol. The number of nitrogens with one attached hydrogen (secondary N) is 2. The van der Waals surface area contributed by atoms with Gasteiger partial charge in [0.15, 0.2) is 0 Å². The van der Waals surface area contributed by atoms with E-state index in [1.165, 1.54) is 18.2 Å². The lowest BCUT2D eigenvalue weighted by atomic mass is 10.2. The van der Waals surface area contributed by atoms with Crippen LogP contribution in [0, 0.1) is 17.1 Å². The molecule has 0 bridgehead atoms. The molecule has 18 heavy (non-hydrogen) atoms. The van der Waals surface area contributed by atoms with E-state index in [-0.39, 0.29) is 5.56 Å². The molecule has 0 saturated carbocycles. The van der Waals surface area contributed by atoms with Gasteiger partial charge in [-0.15, -0.1) is 0 Å². The molecule has 2 N–H and O–H groups in total. The monoisotopic (exact) mass is 243 g/mol. The third kappa shape index (κ3) is 2.52. The minimum atomic E-state index is -0.448. The van der Waals surface area contributed by atoms with Crippen LogP contribution in [0.3, 0.4) is 0 Å². The summed E-state index contributed by atoms with van der Waals surface area (Å²) in [5.74, 6) is 0.536. The van der Waals surface area contributed by atoms with Crippen molar-refractivity contribution in [3.63, 3.8) is 0 Å².